The van der Waals surface area contributed by atoms with Gasteiger partial charge in [-0.15, -0.1) is 0 Å². The molecule has 1 fully saturated rings. The van der Waals surface area contributed by atoms with E-state index in [0.717, 1.165) is 32.2 Å². The molecule has 0 radical (unpaired) electrons. The highest BCUT2D eigenvalue weighted by atomic mass is 16.5. The fourth-order valence-corrected chi connectivity index (χ4v) is 2.58. The van der Waals surface area contributed by atoms with Crippen LogP contribution in [-0.4, -0.2) is 25.8 Å². The molecule has 1 unspecified atom stereocenters. The van der Waals surface area contributed by atoms with Gasteiger partial charge in [0, 0.05) is 25.8 Å². The van der Waals surface area contributed by atoms with Gasteiger partial charge in [0.25, 0.3) is 0 Å². The van der Waals surface area contributed by atoms with Gasteiger partial charge >= 0.3 is 0 Å². The molecule has 0 spiro atoms. The molecule has 0 saturated heterocycles. The summed E-state index contributed by atoms with van der Waals surface area (Å²) in [5.41, 5.74) is 2.92. The predicted octanol–water partition coefficient (Wildman–Crippen LogP) is 3.65. The smallest absolute Gasteiger partial charge is 0.0466 e. The molecule has 0 aromatic heterocycles. The monoisotopic (exact) mass is 261 g/mol. The summed E-state index contributed by atoms with van der Waals surface area (Å²) in [6, 6.07) is 9.59. The third kappa shape index (κ3) is 4.96. The summed E-state index contributed by atoms with van der Waals surface area (Å²) in [5, 5.41) is 3.68. The highest BCUT2D eigenvalue weighted by Gasteiger charge is 2.22. The molecule has 2 rings (SSSR count). The first kappa shape index (κ1) is 14.5. The minimum absolute atomic E-state index is 0.627. The van der Waals surface area contributed by atoms with E-state index in [1.165, 1.54) is 30.4 Å². The first-order chi connectivity index (χ1) is 9.31. The van der Waals surface area contributed by atoms with Crippen molar-refractivity contribution in [3.63, 3.8) is 0 Å². The van der Waals surface area contributed by atoms with Crippen LogP contribution < -0.4 is 5.32 Å². The summed E-state index contributed by atoms with van der Waals surface area (Å²) < 4.78 is 5.47. The molecule has 0 aliphatic heterocycles. The van der Waals surface area contributed by atoms with Crippen molar-refractivity contribution in [1.29, 1.82) is 0 Å². The number of aryl methyl sites for hydroxylation is 1. The van der Waals surface area contributed by atoms with Crippen molar-refractivity contribution in [3.8, 4) is 0 Å². The molecule has 0 bridgehead atoms. The van der Waals surface area contributed by atoms with Crippen molar-refractivity contribution >= 4 is 0 Å². The summed E-state index contributed by atoms with van der Waals surface area (Å²) in [6.07, 6.45) is 5.09. The Morgan fingerprint density at radius 3 is 2.79 bits per heavy atom. The lowest BCUT2D eigenvalue weighted by atomic mass is 9.91. The fraction of sp³-hybridized carbons (Fsp3) is 0.647. The zero-order valence-corrected chi connectivity index (χ0v) is 12.3. The molecule has 2 nitrogen and oxygen atoms in total. The minimum Gasteiger partial charge on any atom is -0.382 e. The van der Waals surface area contributed by atoms with Gasteiger partial charge in [0.2, 0.25) is 0 Å². The molecule has 19 heavy (non-hydrogen) atoms. The number of benzene rings is 1. The number of hydrogen-bond donors (Lipinski definition) is 1. The minimum atomic E-state index is 0.627. The van der Waals surface area contributed by atoms with E-state index in [-0.39, 0.29) is 0 Å². The second-order valence-corrected chi connectivity index (χ2v) is 5.58. The number of ether oxygens (including phenoxy) is 1. The first-order valence-electron chi connectivity index (χ1n) is 7.68. The van der Waals surface area contributed by atoms with Crippen molar-refractivity contribution in [3.05, 3.63) is 35.4 Å². The maximum absolute atomic E-state index is 5.47. The van der Waals surface area contributed by atoms with Gasteiger partial charge in [-0.25, -0.2) is 0 Å². The Morgan fingerprint density at radius 2 is 2.11 bits per heavy atom. The number of hydrogen-bond acceptors (Lipinski definition) is 2. The molecule has 0 amide bonds. The van der Waals surface area contributed by atoms with Gasteiger partial charge in [-0.05, 0) is 56.6 Å². The van der Waals surface area contributed by atoms with E-state index in [1.807, 2.05) is 0 Å². The topological polar surface area (TPSA) is 21.3 Å². The van der Waals surface area contributed by atoms with Crippen LogP contribution in [-0.2, 0) is 4.74 Å². The lowest BCUT2D eigenvalue weighted by Crippen LogP contribution is -2.24. The normalized spacial score (nSPS) is 16.5. The van der Waals surface area contributed by atoms with E-state index in [0.29, 0.717) is 5.92 Å². The third-order valence-electron chi connectivity index (χ3n) is 3.90. The Labute approximate surface area is 117 Å². The lowest BCUT2D eigenvalue weighted by Gasteiger charge is -2.20. The van der Waals surface area contributed by atoms with Crippen LogP contribution in [0.1, 0.15) is 49.7 Å². The molecule has 1 saturated carbocycles. The zero-order valence-electron chi connectivity index (χ0n) is 12.3. The molecule has 1 aliphatic rings. The average Bonchev–Trinajstić information content (AvgIpc) is 3.23. The van der Waals surface area contributed by atoms with Crippen LogP contribution in [0.15, 0.2) is 24.3 Å². The highest BCUT2D eigenvalue weighted by Crippen LogP contribution is 2.26. The Bertz CT molecular complexity index is 373. The lowest BCUT2D eigenvalue weighted by molar-refractivity contribution is 0.141. The largest absolute Gasteiger partial charge is 0.382 e. The van der Waals surface area contributed by atoms with Crippen LogP contribution in [0.5, 0.6) is 0 Å². The number of nitrogens with one attached hydrogen (secondary N) is 1. The standard InChI is InChI=1S/C17H27NO/c1-3-19-12-6-8-15(13-18-16-10-11-16)17-9-5-4-7-14(17)2/h4-5,7,9,15-16,18H,3,6,8,10-13H2,1-2H3. The van der Waals surface area contributed by atoms with Gasteiger partial charge in [0.1, 0.15) is 0 Å². The van der Waals surface area contributed by atoms with Crippen molar-refractivity contribution in [2.75, 3.05) is 19.8 Å². The highest BCUT2D eigenvalue weighted by molar-refractivity contribution is 5.29. The fourth-order valence-electron chi connectivity index (χ4n) is 2.58. The average molecular weight is 261 g/mol. The van der Waals surface area contributed by atoms with Crippen LogP contribution in [0.2, 0.25) is 0 Å². The second kappa shape index (κ2) is 7.66. The van der Waals surface area contributed by atoms with Gasteiger partial charge in [0.05, 0.1) is 0 Å². The van der Waals surface area contributed by atoms with Crippen LogP contribution in [0.3, 0.4) is 0 Å². The van der Waals surface area contributed by atoms with Crippen molar-refractivity contribution in [1.82, 2.24) is 5.32 Å². The molecular weight excluding hydrogens is 234 g/mol. The first-order valence-corrected chi connectivity index (χ1v) is 7.68. The van der Waals surface area contributed by atoms with Crippen LogP contribution in [0.4, 0.5) is 0 Å². The van der Waals surface area contributed by atoms with E-state index in [9.17, 15) is 0 Å². The Balaban J connectivity index is 1.90. The molecule has 2 heteroatoms. The van der Waals surface area contributed by atoms with Gasteiger partial charge in [-0.3, -0.25) is 0 Å². The van der Waals surface area contributed by atoms with E-state index < -0.39 is 0 Å². The van der Waals surface area contributed by atoms with Crippen molar-refractivity contribution in [2.24, 2.45) is 0 Å². The maximum Gasteiger partial charge on any atom is 0.0466 e. The van der Waals surface area contributed by atoms with Crippen molar-refractivity contribution in [2.45, 2.75) is 51.5 Å². The molecule has 1 aromatic rings. The Hall–Kier alpha value is -0.860. The van der Waals surface area contributed by atoms with Gasteiger partial charge in [0.15, 0.2) is 0 Å². The van der Waals surface area contributed by atoms with E-state index in [2.05, 4.69) is 43.4 Å². The molecule has 1 N–H and O–H groups in total. The van der Waals surface area contributed by atoms with Crippen LogP contribution in [0.25, 0.3) is 0 Å². The summed E-state index contributed by atoms with van der Waals surface area (Å²) in [4.78, 5) is 0. The summed E-state index contributed by atoms with van der Waals surface area (Å²) in [7, 11) is 0. The molecule has 106 valence electrons. The van der Waals surface area contributed by atoms with Crippen LogP contribution in [0, 0.1) is 6.92 Å². The van der Waals surface area contributed by atoms with Crippen LogP contribution >= 0.6 is 0 Å². The zero-order chi connectivity index (χ0) is 13.5. The molecule has 1 aromatic carbocycles. The van der Waals surface area contributed by atoms with Gasteiger partial charge in [-0.2, -0.15) is 0 Å². The summed E-state index contributed by atoms with van der Waals surface area (Å²) >= 11 is 0. The summed E-state index contributed by atoms with van der Waals surface area (Å²) in [6.45, 7) is 7.12. The van der Waals surface area contributed by atoms with Gasteiger partial charge in [-0.1, -0.05) is 24.3 Å². The van der Waals surface area contributed by atoms with E-state index in [4.69, 9.17) is 4.74 Å². The summed E-state index contributed by atoms with van der Waals surface area (Å²) in [5.74, 6) is 0.627. The molecule has 0 heterocycles. The van der Waals surface area contributed by atoms with E-state index in [1.54, 1.807) is 0 Å². The van der Waals surface area contributed by atoms with Gasteiger partial charge < -0.3 is 10.1 Å². The molecule has 1 aliphatic carbocycles. The third-order valence-corrected chi connectivity index (χ3v) is 3.90. The molecule has 1 atom stereocenters. The Kier molecular flexibility index (Phi) is 5.87. The predicted molar refractivity (Wildman–Crippen MR) is 80.7 cm³/mol. The van der Waals surface area contributed by atoms with Crippen molar-refractivity contribution < 1.29 is 4.74 Å². The van der Waals surface area contributed by atoms with E-state index >= 15 is 0 Å². The quantitative estimate of drug-likeness (QED) is 0.685. The SMILES string of the molecule is CCOCCCC(CNC1CC1)c1ccccc1C. The maximum atomic E-state index is 5.47. The molecular formula is C17H27NO. The Morgan fingerprint density at radius 1 is 1.32 bits per heavy atom. The number of rotatable bonds is 9. The second-order valence-electron chi connectivity index (χ2n) is 5.58.